The second-order valence-corrected chi connectivity index (χ2v) is 4.57. The molecule has 0 aliphatic rings. The second kappa shape index (κ2) is 5.89. The summed E-state index contributed by atoms with van der Waals surface area (Å²) in [5.41, 5.74) is 4.13. The molecule has 2 N–H and O–H groups in total. The normalized spacial score (nSPS) is 9.65. The molecule has 2 aromatic carbocycles. The maximum atomic E-state index is 11.9. The Labute approximate surface area is 118 Å². The van der Waals surface area contributed by atoms with Crippen LogP contribution in [0, 0.1) is 25.2 Å². The maximum Gasteiger partial charge on any atom is 0.323 e. The molecule has 2 amide bonds. The molecular weight excluding hydrogens is 250 g/mol. The van der Waals surface area contributed by atoms with Crippen molar-refractivity contribution in [3.8, 4) is 6.07 Å². The number of rotatable bonds is 2. The largest absolute Gasteiger partial charge is 0.323 e. The third-order valence-electron chi connectivity index (χ3n) is 3.01. The second-order valence-electron chi connectivity index (χ2n) is 4.57. The zero-order chi connectivity index (χ0) is 14.5. The minimum absolute atomic E-state index is 0.330. The molecule has 0 bridgehead atoms. The first kappa shape index (κ1) is 13.6. The van der Waals surface area contributed by atoms with E-state index in [-0.39, 0.29) is 6.03 Å². The number of carbonyl (C=O) groups excluding carboxylic acids is 1. The van der Waals surface area contributed by atoms with Crippen LogP contribution in [0.1, 0.15) is 16.7 Å². The van der Waals surface area contributed by atoms with E-state index >= 15 is 0 Å². The van der Waals surface area contributed by atoms with Gasteiger partial charge in [-0.3, -0.25) is 0 Å². The molecule has 2 aromatic rings. The van der Waals surface area contributed by atoms with E-state index < -0.39 is 0 Å². The van der Waals surface area contributed by atoms with Crippen molar-refractivity contribution in [3.05, 3.63) is 59.2 Å². The van der Waals surface area contributed by atoms with E-state index in [1.165, 1.54) is 5.56 Å². The van der Waals surface area contributed by atoms with Crippen molar-refractivity contribution in [2.75, 3.05) is 10.6 Å². The average Bonchev–Trinajstić information content (AvgIpc) is 2.43. The molecule has 4 heteroatoms. The van der Waals surface area contributed by atoms with E-state index in [0.717, 1.165) is 11.3 Å². The van der Waals surface area contributed by atoms with E-state index in [0.29, 0.717) is 11.3 Å². The quantitative estimate of drug-likeness (QED) is 0.866. The van der Waals surface area contributed by atoms with Gasteiger partial charge < -0.3 is 10.6 Å². The molecule has 0 unspecified atom stereocenters. The van der Waals surface area contributed by atoms with Crippen LogP contribution in [0.15, 0.2) is 42.5 Å². The summed E-state index contributed by atoms with van der Waals surface area (Å²) in [6, 6.07) is 14.2. The fourth-order valence-corrected chi connectivity index (χ4v) is 1.78. The number of hydrogen-bond acceptors (Lipinski definition) is 2. The molecule has 20 heavy (non-hydrogen) atoms. The van der Waals surface area contributed by atoms with Crippen LogP contribution < -0.4 is 10.6 Å². The Kier molecular flexibility index (Phi) is 4.02. The lowest BCUT2D eigenvalue weighted by atomic mass is 10.1. The summed E-state index contributed by atoms with van der Waals surface area (Å²) in [5.74, 6) is 0. The molecule has 0 radical (unpaired) electrons. The predicted octanol–water partition coefficient (Wildman–Crippen LogP) is 3.82. The first-order valence-electron chi connectivity index (χ1n) is 6.24. The van der Waals surface area contributed by atoms with Gasteiger partial charge in [-0.25, -0.2) is 4.79 Å². The molecule has 2 rings (SSSR count). The van der Waals surface area contributed by atoms with Crippen molar-refractivity contribution in [1.29, 1.82) is 5.26 Å². The standard InChI is InChI=1S/C16H15N3O/c1-11-6-7-15(8-12(11)2)19-16(20)18-14-5-3-4-13(9-14)10-17/h3-9H,1-2H3,(H2,18,19,20). The van der Waals surface area contributed by atoms with Crippen molar-refractivity contribution >= 4 is 17.4 Å². The predicted molar refractivity (Wildman–Crippen MR) is 79.7 cm³/mol. The van der Waals surface area contributed by atoms with Crippen LogP contribution in [0.25, 0.3) is 0 Å². The Balaban J connectivity index is 2.05. The molecule has 0 aliphatic carbocycles. The zero-order valence-electron chi connectivity index (χ0n) is 11.4. The molecular formula is C16H15N3O. The van der Waals surface area contributed by atoms with Gasteiger partial charge in [0.05, 0.1) is 11.6 Å². The lowest BCUT2D eigenvalue weighted by molar-refractivity contribution is 0.262. The van der Waals surface area contributed by atoms with Gasteiger partial charge in [0.15, 0.2) is 0 Å². The van der Waals surface area contributed by atoms with Crippen molar-refractivity contribution in [2.45, 2.75) is 13.8 Å². The highest BCUT2D eigenvalue weighted by atomic mass is 16.2. The fraction of sp³-hybridized carbons (Fsp3) is 0.125. The topological polar surface area (TPSA) is 64.9 Å². The first-order valence-corrected chi connectivity index (χ1v) is 6.24. The van der Waals surface area contributed by atoms with Crippen LogP contribution in [-0.2, 0) is 0 Å². The molecule has 0 fully saturated rings. The Morgan fingerprint density at radius 1 is 1.00 bits per heavy atom. The fourth-order valence-electron chi connectivity index (χ4n) is 1.78. The van der Waals surface area contributed by atoms with E-state index in [1.807, 2.05) is 38.1 Å². The number of nitrogens with zero attached hydrogens (tertiary/aromatic N) is 1. The summed E-state index contributed by atoms with van der Waals surface area (Å²) in [5, 5.41) is 14.3. The molecule has 0 saturated heterocycles. The van der Waals surface area contributed by atoms with Gasteiger partial charge in [0.1, 0.15) is 0 Å². The third-order valence-corrected chi connectivity index (χ3v) is 3.01. The van der Waals surface area contributed by atoms with Gasteiger partial charge >= 0.3 is 6.03 Å². The molecule has 0 saturated carbocycles. The van der Waals surface area contributed by atoms with Crippen molar-refractivity contribution in [3.63, 3.8) is 0 Å². The Bertz CT molecular complexity index is 686. The van der Waals surface area contributed by atoms with Crippen LogP contribution in [0.5, 0.6) is 0 Å². The maximum absolute atomic E-state index is 11.9. The van der Waals surface area contributed by atoms with E-state index in [9.17, 15) is 4.79 Å². The van der Waals surface area contributed by atoms with Crippen LogP contribution in [0.3, 0.4) is 0 Å². The summed E-state index contributed by atoms with van der Waals surface area (Å²) in [6.07, 6.45) is 0. The van der Waals surface area contributed by atoms with Gasteiger partial charge in [-0.05, 0) is 55.3 Å². The Hall–Kier alpha value is -2.80. The number of urea groups is 1. The summed E-state index contributed by atoms with van der Waals surface area (Å²) < 4.78 is 0. The highest BCUT2D eigenvalue weighted by Crippen LogP contribution is 2.15. The van der Waals surface area contributed by atoms with Crippen molar-refractivity contribution in [2.24, 2.45) is 0 Å². The molecule has 0 aromatic heterocycles. The molecule has 0 spiro atoms. The van der Waals surface area contributed by atoms with Crippen molar-refractivity contribution in [1.82, 2.24) is 0 Å². The number of nitrogens with one attached hydrogen (secondary N) is 2. The molecule has 0 aliphatic heterocycles. The molecule has 4 nitrogen and oxygen atoms in total. The van der Waals surface area contributed by atoms with E-state index in [1.54, 1.807) is 24.3 Å². The third kappa shape index (κ3) is 3.36. The van der Waals surface area contributed by atoms with E-state index in [4.69, 9.17) is 5.26 Å². The number of amides is 2. The first-order chi connectivity index (χ1) is 9.58. The number of nitriles is 1. The summed E-state index contributed by atoms with van der Waals surface area (Å²) in [6.45, 7) is 4.02. The molecule has 100 valence electrons. The number of hydrogen-bond donors (Lipinski definition) is 2. The van der Waals surface area contributed by atoms with Crippen LogP contribution in [-0.4, -0.2) is 6.03 Å². The lowest BCUT2D eigenvalue weighted by Gasteiger charge is -2.09. The van der Waals surface area contributed by atoms with Gasteiger partial charge in [0.2, 0.25) is 0 Å². The van der Waals surface area contributed by atoms with Gasteiger partial charge in [-0.2, -0.15) is 5.26 Å². The number of aryl methyl sites for hydroxylation is 2. The van der Waals surface area contributed by atoms with Crippen LogP contribution >= 0.6 is 0 Å². The molecule has 0 heterocycles. The minimum atomic E-state index is -0.330. The van der Waals surface area contributed by atoms with Gasteiger partial charge in [0, 0.05) is 11.4 Å². The van der Waals surface area contributed by atoms with E-state index in [2.05, 4.69) is 10.6 Å². The van der Waals surface area contributed by atoms with Gasteiger partial charge in [-0.15, -0.1) is 0 Å². The summed E-state index contributed by atoms with van der Waals surface area (Å²) in [7, 11) is 0. The summed E-state index contributed by atoms with van der Waals surface area (Å²) >= 11 is 0. The number of anilines is 2. The SMILES string of the molecule is Cc1ccc(NC(=O)Nc2cccc(C#N)c2)cc1C. The Morgan fingerprint density at radius 2 is 1.70 bits per heavy atom. The van der Waals surface area contributed by atoms with Crippen LogP contribution in [0.4, 0.5) is 16.2 Å². The lowest BCUT2D eigenvalue weighted by Crippen LogP contribution is -2.19. The van der Waals surface area contributed by atoms with Gasteiger partial charge in [-0.1, -0.05) is 12.1 Å². The number of carbonyl (C=O) groups is 1. The van der Waals surface area contributed by atoms with Crippen LogP contribution in [0.2, 0.25) is 0 Å². The summed E-state index contributed by atoms with van der Waals surface area (Å²) in [4.78, 5) is 11.9. The zero-order valence-corrected chi connectivity index (χ0v) is 11.4. The Morgan fingerprint density at radius 3 is 2.35 bits per heavy atom. The molecule has 0 atom stereocenters. The van der Waals surface area contributed by atoms with Gasteiger partial charge in [0.25, 0.3) is 0 Å². The highest BCUT2D eigenvalue weighted by molar-refractivity contribution is 5.99. The monoisotopic (exact) mass is 265 g/mol. The number of benzene rings is 2. The average molecular weight is 265 g/mol. The smallest absolute Gasteiger partial charge is 0.308 e. The highest BCUT2D eigenvalue weighted by Gasteiger charge is 2.04. The van der Waals surface area contributed by atoms with Crippen molar-refractivity contribution < 1.29 is 4.79 Å². The minimum Gasteiger partial charge on any atom is -0.308 e.